The molecule has 2 amide bonds. The van der Waals surface area contributed by atoms with E-state index in [-0.39, 0.29) is 18.5 Å². The minimum atomic E-state index is -3.78. The smallest absolute Gasteiger partial charge is 0.244 e. The third-order valence-electron chi connectivity index (χ3n) is 6.49. The van der Waals surface area contributed by atoms with E-state index in [0.717, 1.165) is 46.2 Å². The summed E-state index contributed by atoms with van der Waals surface area (Å²) < 4.78 is 27.4. The first-order valence-electron chi connectivity index (χ1n) is 12.3. The molecule has 3 rings (SSSR count). The van der Waals surface area contributed by atoms with Crippen LogP contribution in [0.25, 0.3) is 0 Å². The number of carbonyl (C=O) groups excluding carboxylic acids is 2. The molecule has 1 atom stereocenters. The Morgan fingerprint density at radius 3 is 2.30 bits per heavy atom. The average molecular weight is 680 g/mol. The van der Waals surface area contributed by atoms with Crippen LogP contribution in [0.15, 0.2) is 42.5 Å². The molecule has 0 aromatic heterocycles. The van der Waals surface area contributed by atoms with Crippen molar-refractivity contribution >= 4 is 73.3 Å². The van der Waals surface area contributed by atoms with Gasteiger partial charge in [-0.15, -0.1) is 0 Å². The van der Waals surface area contributed by atoms with Crippen LogP contribution in [0.5, 0.6) is 0 Å². The van der Waals surface area contributed by atoms with Crippen LogP contribution < -0.4 is 9.62 Å². The lowest BCUT2D eigenvalue weighted by atomic mass is 9.95. The predicted molar refractivity (Wildman–Crippen MR) is 157 cm³/mol. The fourth-order valence-corrected chi connectivity index (χ4v) is 6.20. The van der Waals surface area contributed by atoms with Crippen LogP contribution in [0, 0.1) is 3.57 Å². The lowest BCUT2D eigenvalue weighted by molar-refractivity contribution is -0.140. The topological polar surface area (TPSA) is 86.8 Å². The van der Waals surface area contributed by atoms with Gasteiger partial charge in [0.2, 0.25) is 21.8 Å². The predicted octanol–water partition coefficient (Wildman–Crippen LogP) is 5.62. The van der Waals surface area contributed by atoms with E-state index < -0.39 is 28.5 Å². The SMILES string of the molecule is CC[C@H](C(=O)NC1CCCCC1)N(Cc1ccc(Cl)cc1Cl)C(=O)CN(c1ccc(I)cc1)S(C)(=O)=O. The number of amides is 2. The third-order valence-corrected chi connectivity index (χ3v) is 8.93. The van der Waals surface area contributed by atoms with E-state index in [0.29, 0.717) is 27.7 Å². The van der Waals surface area contributed by atoms with Gasteiger partial charge in [-0.1, -0.05) is 55.5 Å². The Hall–Kier alpha value is -1.56. The van der Waals surface area contributed by atoms with Gasteiger partial charge in [-0.25, -0.2) is 8.42 Å². The van der Waals surface area contributed by atoms with Crippen LogP contribution in [0.1, 0.15) is 51.0 Å². The molecule has 7 nitrogen and oxygen atoms in total. The molecule has 2 aromatic carbocycles. The Labute approximate surface area is 243 Å². The molecule has 37 heavy (non-hydrogen) atoms. The number of sulfonamides is 1. The Bertz CT molecular complexity index is 1200. The Morgan fingerprint density at radius 1 is 1.08 bits per heavy atom. The van der Waals surface area contributed by atoms with Crippen LogP contribution in [0.3, 0.4) is 0 Å². The molecule has 0 aliphatic heterocycles. The summed E-state index contributed by atoms with van der Waals surface area (Å²) in [6.07, 6.45) is 6.52. The molecular formula is C26H32Cl2IN3O4S. The Balaban J connectivity index is 1.93. The van der Waals surface area contributed by atoms with E-state index in [4.69, 9.17) is 23.2 Å². The van der Waals surface area contributed by atoms with Crippen LogP contribution in [-0.4, -0.2) is 50.0 Å². The van der Waals surface area contributed by atoms with E-state index in [9.17, 15) is 18.0 Å². The van der Waals surface area contributed by atoms with Crippen molar-refractivity contribution in [3.63, 3.8) is 0 Å². The molecule has 1 fully saturated rings. The normalized spacial score (nSPS) is 15.2. The number of hydrogen-bond acceptors (Lipinski definition) is 4. The highest BCUT2D eigenvalue weighted by molar-refractivity contribution is 14.1. The van der Waals surface area contributed by atoms with Gasteiger partial charge in [0.25, 0.3) is 0 Å². The van der Waals surface area contributed by atoms with E-state index in [1.807, 2.05) is 6.92 Å². The van der Waals surface area contributed by atoms with Crippen LogP contribution in [-0.2, 0) is 26.2 Å². The van der Waals surface area contributed by atoms with Crippen molar-refractivity contribution in [3.05, 3.63) is 61.6 Å². The molecule has 1 aliphatic rings. The second-order valence-corrected chi connectivity index (χ2v) is 13.3. The number of benzene rings is 2. The molecule has 202 valence electrons. The lowest BCUT2D eigenvalue weighted by Crippen LogP contribution is -2.54. The van der Waals surface area contributed by atoms with Gasteiger partial charge >= 0.3 is 0 Å². The maximum absolute atomic E-state index is 13.8. The van der Waals surface area contributed by atoms with Crippen molar-refractivity contribution in [1.29, 1.82) is 0 Å². The highest BCUT2D eigenvalue weighted by atomic mass is 127. The van der Waals surface area contributed by atoms with Gasteiger partial charge in [0, 0.05) is 26.2 Å². The standard InChI is InChI=1S/C26H32Cl2IN3O4S/c1-3-24(26(34)30-21-7-5-4-6-8-21)31(16-18-9-10-19(27)15-23(18)28)25(33)17-32(37(2,35)36)22-13-11-20(29)12-14-22/h9-15,21,24H,3-8,16-17H2,1-2H3,(H,30,34)/t24-/m1/s1. The van der Waals surface area contributed by atoms with Crippen molar-refractivity contribution in [2.75, 3.05) is 17.1 Å². The molecule has 0 heterocycles. The second kappa shape index (κ2) is 13.5. The van der Waals surface area contributed by atoms with Gasteiger partial charge in [0.1, 0.15) is 12.6 Å². The van der Waals surface area contributed by atoms with Crippen LogP contribution in [0.4, 0.5) is 5.69 Å². The molecule has 0 radical (unpaired) electrons. The number of hydrogen-bond donors (Lipinski definition) is 1. The molecule has 1 aliphatic carbocycles. The van der Waals surface area contributed by atoms with Crippen LogP contribution >= 0.6 is 45.8 Å². The molecule has 2 aromatic rings. The lowest BCUT2D eigenvalue weighted by Gasteiger charge is -2.34. The third kappa shape index (κ3) is 8.46. The van der Waals surface area contributed by atoms with Crippen molar-refractivity contribution in [3.8, 4) is 0 Å². The molecular weight excluding hydrogens is 648 g/mol. The Morgan fingerprint density at radius 2 is 1.73 bits per heavy atom. The van der Waals surface area contributed by atoms with Gasteiger partial charge in [-0.3, -0.25) is 13.9 Å². The summed E-state index contributed by atoms with van der Waals surface area (Å²) in [5.41, 5.74) is 0.990. The largest absolute Gasteiger partial charge is 0.352 e. The van der Waals surface area contributed by atoms with Gasteiger partial charge in [0.05, 0.1) is 11.9 Å². The Kier molecular flexibility index (Phi) is 10.9. The summed E-state index contributed by atoms with van der Waals surface area (Å²) in [5.74, 6) is -0.742. The molecule has 11 heteroatoms. The zero-order valence-electron chi connectivity index (χ0n) is 20.9. The maximum Gasteiger partial charge on any atom is 0.244 e. The zero-order chi connectivity index (χ0) is 27.2. The van der Waals surface area contributed by atoms with Gasteiger partial charge < -0.3 is 10.2 Å². The zero-order valence-corrected chi connectivity index (χ0v) is 25.4. The molecule has 0 unspecified atom stereocenters. The number of carbonyl (C=O) groups is 2. The molecule has 1 saturated carbocycles. The monoisotopic (exact) mass is 679 g/mol. The van der Waals surface area contributed by atoms with E-state index in [1.54, 1.807) is 42.5 Å². The fourth-order valence-electron chi connectivity index (χ4n) is 4.52. The van der Waals surface area contributed by atoms with E-state index in [1.165, 1.54) is 4.90 Å². The minimum absolute atomic E-state index is 0.0374. The number of nitrogens with one attached hydrogen (secondary N) is 1. The number of anilines is 1. The maximum atomic E-state index is 13.8. The van der Waals surface area contributed by atoms with Crippen LogP contribution in [0.2, 0.25) is 10.0 Å². The van der Waals surface area contributed by atoms with Crippen molar-refractivity contribution in [2.24, 2.45) is 0 Å². The minimum Gasteiger partial charge on any atom is -0.352 e. The fraction of sp³-hybridized carbons (Fsp3) is 0.462. The summed E-state index contributed by atoms with van der Waals surface area (Å²) in [4.78, 5) is 28.6. The quantitative estimate of drug-likeness (QED) is 0.331. The summed E-state index contributed by atoms with van der Waals surface area (Å²) >= 11 is 14.6. The number of halogens is 3. The summed E-state index contributed by atoms with van der Waals surface area (Å²) in [5, 5.41) is 3.94. The number of rotatable bonds is 10. The highest BCUT2D eigenvalue weighted by Gasteiger charge is 2.33. The van der Waals surface area contributed by atoms with Gasteiger partial charge in [-0.05, 0) is 83.8 Å². The van der Waals surface area contributed by atoms with Gasteiger partial charge in [0.15, 0.2) is 0 Å². The second-order valence-electron chi connectivity index (χ2n) is 9.27. The van der Waals surface area contributed by atoms with E-state index in [2.05, 4.69) is 27.9 Å². The first-order chi connectivity index (χ1) is 17.5. The molecule has 1 N–H and O–H groups in total. The molecule has 0 saturated heterocycles. The number of nitrogens with zero attached hydrogens (tertiary/aromatic N) is 2. The summed E-state index contributed by atoms with van der Waals surface area (Å²) in [7, 11) is -3.78. The van der Waals surface area contributed by atoms with Gasteiger partial charge in [-0.2, -0.15) is 0 Å². The highest BCUT2D eigenvalue weighted by Crippen LogP contribution is 2.26. The molecule has 0 spiro atoms. The van der Waals surface area contributed by atoms with E-state index >= 15 is 0 Å². The first kappa shape index (κ1) is 30.0. The summed E-state index contributed by atoms with van der Waals surface area (Å²) in [6.45, 7) is 1.43. The first-order valence-corrected chi connectivity index (χ1v) is 15.9. The van der Waals surface area contributed by atoms with Crippen molar-refractivity contribution in [2.45, 2.75) is 64.1 Å². The summed E-state index contributed by atoms with van der Waals surface area (Å²) in [6, 6.07) is 11.1. The van der Waals surface area contributed by atoms with Crippen molar-refractivity contribution < 1.29 is 18.0 Å². The average Bonchev–Trinajstić information content (AvgIpc) is 2.84. The van der Waals surface area contributed by atoms with Crippen molar-refractivity contribution in [1.82, 2.24) is 10.2 Å². The molecule has 0 bridgehead atoms.